The fourth-order valence-electron chi connectivity index (χ4n) is 2.92. The molecule has 0 spiro atoms. The van der Waals surface area contributed by atoms with Gasteiger partial charge in [0.2, 0.25) is 0 Å². The lowest BCUT2D eigenvalue weighted by Gasteiger charge is -2.15. The third-order valence-corrected chi connectivity index (χ3v) is 4.49. The van der Waals surface area contributed by atoms with Crippen LogP contribution in [-0.2, 0) is 6.54 Å². The van der Waals surface area contributed by atoms with Crippen molar-refractivity contribution in [3.8, 4) is 23.1 Å². The van der Waals surface area contributed by atoms with Crippen molar-refractivity contribution in [2.24, 2.45) is 0 Å². The number of benzene rings is 1. The van der Waals surface area contributed by atoms with E-state index < -0.39 is 11.2 Å². The summed E-state index contributed by atoms with van der Waals surface area (Å²) in [7, 11) is 0. The van der Waals surface area contributed by atoms with E-state index in [9.17, 15) is 9.59 Å². The minimum Gasteiger partial charge on any atom is -0.328 e. The first-order chi connectivity index (χ1) is 13.6. The standard InChI is InChI=1S/C20H12ClN5O2/c21-17-8-5-14(11-23-17)12-25-9-1-2-16-18(25)24-20(28)26(19(16)27)15-6-3-13(10-22)4-7-15/h1-9,11H,12H2. The Bertz CT molecular complexity index is 1280. The molecule has 0 radical (unpaired) electrons. The highest BCUT2D eigenvalue weighted by atomic mass is 35.5. The van der Waals surface area contributed by atoms with Crippen molar-refractivity contribution in [2.45, 2.75) is 6.54 Å². The molecule has 0 amide bonds. The van der Waals surface area contributed by atoms with Gasteiger partial charge in [0.1, 0.15) is 5.15 Å². The predicted molar refractivity (Wildman–Crippen MR) is 104 cm³/mol. The van der Waals surface area contributed by atoms with Gasteiger partial charge in [0.05, 0.1) is 29.4 Å². The summed E-state index contributed by atoms with van der Waals surface area (Å²) in [5, 5.41) is 9.30. The molecule has 136 valence electrons. The third kappa shape index (κ3) is 3.17. The Morgan fingerprint density at radius 2 is 1.86 bits per heavy atom. The summed E-state index contributed by atoms with van der Waals surface area (Å²) in [6.45, 7) is 0.383. The van der Waals surface area contributed by atoms with Gasteiger partial charge in [-0.05, 0) is 48.0 Å². The Labute approximate surface area is 164 Å². The smallest absolute Gasteiger partial charge is 0.328 e. The van der Waals surface area contributed by atoms with Crippen LogP contribution < -0.4 is 11.2 Å². The number of nitrogens with zero attached hydrogens (tertiary/aromatic N) is 5. The zero-order chi connectivity index (χ0) is 19.7. The van der Waals surface area contributed by atoms with Crippen LogP contribution in [0.1, 0.15) is 11.1 Å². The molecule has 8 heteroatoms. The summed E-state index contributed by atoms with van der Waals surface area (Å²) in [6.07, 6.45) is 3.37. The van der Waals surface area contributed by atoms with Gasteiger partial charge in [0.25, 0.3) is 5.56 Å². The zero-order valence-corrected chi connectivity index (χ0v) is 15.2. The second kappa shape index (κ2) is 7.10. The molecule has 7 nitrogen and oxygen atoms in total. The van der Waals surface area contributed by atoms with Crippen molar-refractivity contribution < 1.29 is 0 Å². The van der Waals surface area contributed by atoms with E-state index in [0.717, 1.165) is 10.1 Å². The second-order valence-corrected chi connectivity index (χ2v) is 6.44. The molecule has 2 aromatic rings. The highest BCUT2D eigenvalue weighted by Crippen LogP contribution is 2.16. The number of pyridine rings is 2. The molecule has 0 N–H and O–H groups in total. The Morgan fingerprint density at radius 1 is 1.07 bits per heavy atom. The lowest BCUT2D eigenvalue weighted by atomic mass is 10.2. The molecule has 28 heavy (non-hydrogen) atoms. The first-order valence-corrected chi connectivity index (χ1v) is 8.68. The topological polar surface area (TPSA) is 93.6 Å². The van der Waals surface area contributed by atoms with Crippen molar-refractivity contribution in [1.29, 1.82) is 5.26 Å². The van der Waals surface area contributed by atoms with Crippen molar-refractivity contribution in [3.05, 3.63) is 98.0 Å². The van der Waals surface area contributed by atoms with Gasteiger partial charge < -0.3 is 4.57 Å². The van der Waals surface area contributed by atoms with Crippen LogP contribution in [-0.4, -0.2) is 19.1 Å². The summed E-state index contributed by atoms with van der Waals surface area (Å²) >= 11 is 5.81. The van der Waals surface area contributed by atoms with Gasteiger partial charge in [-0.3, -0.25) is 4.79 Å². The second-order valence-electron chi connectivity index (χ2n) is 6.06. The van der Waals surface area contributed by atoms with E-state index in [4.69, 9.17) is 16.9 Å². The van der Waals surface area contributed by atoms with Crippen LogP contribution in [0.3, 0.4) is 0 Å². The average Bonchev–Trinajstić information content (AvgIpc) is 2.71. The molecule has 0 fully saturated rings. The van der Waals surface area contributed by atoms with Crippen LogP contribution in [0.5, 0.6) is 0 Å². The molecule has 0 saturated carbocycles. The summed E-state index contributed by atoms with van der Waals surface area (Å²) < 4.78 is 2.71. The molecule has 0 saturated heterocycles. The number of nitriles is 1. The van der Waals surface area contributed by atoms with Gasteiger partial charge in [-0.25, -0.2) is 14.3 Å². The molecule has 0 aliphatic carbocycles. The SMILES string of the molecule is N#Cc1ccc(-n2c(=O)nc3n(Cc4ccc(Cl)nc4)cccc-3c2=O)cc1. The van der Waals surface area contributed by atoms with Crippen LogP contribution in [0.4, 0.5) is 0 Å². The van der Waals surface area contributed by atoms with Crippen LogP contribution in [0.2, 0.25) is 5.15 Å². The van der Waals surface area contributed by atoms with Crippen LogP contribution in [0, 0.1) is 11.3 Å². The molecule has 1 aromatic carbocycles. The normalized spacial score (nSPS) is 10.7. The fraction of sp³-hybridized carbons (Fsp3) is 0.0500. The zero-order valence-electron chi connectivity index (χ0n) is 14.4. The predicted octanol–water partition coefficient (Wildman–Crippen LogP) is 2.47. The molecule has 0 bridgehead atoms. The quantitative estimate of drug-likeness (QED) is 0.502. The van der Waals surface area contributed by atoms with Gasteiger partial charge in [-0.15, -0.1) is 0 Å². The summed E-state index contributed by atoms with van der Waals surface area (Å²) in [5.74, 6) is 0.289. The molecule has 2 aliphatic heterocycles. The molecule has 4 rings (SSSR count). The van der Waals surface area contributed by atoms with E-state index in [2.05, 4.69) is 9.97 Å². The number of hydrogen-bond acceptors (Lipinski definition) is 5. The molecular formula is C20H12ClN5O2. The lowest BCUT2D eigenvalue weighted by molar-refractivity contribution is 0.750. The van der Waals surface area contributed by atoms with Crippen LogP contribution >= 0.6 is 11.6 Å². The highest BCUT2D eigenvalue weighted by Gasteiger charge is 2.18. The van der Waals surface area contributed by atoms with Crippen molar-refractivity contribution in [2.75, 3.05) is 0 Å². The Morgan fingerprint density at radius 3 is 2.54 bits per heavy atom. The van der Waals surface area contributed by atoms with E-state index in [-0.39, 0.29) is 5.82 Å². The largest absolute Gasteiger partial charge is 0.357 e. The van der Waals surface area contributed by atoms with Gasteiger partial charge >= 0.3 is 5.69 Å². The Balaban J connectivity index is 1.84. The number of halogens is 1. The number of aromatic nitrogens is 4. The minimum absolute atomic E-state index is 0.289. The summed E-state index contributed by atoms with van der Waals surface area (Å²) in [4.78, 5) is 33.7. The molecule has 2 aliphatic rings. The summed E-state index contributed by atoms with van der Waals surface area (Å²) in [6, 6.07) is 15.0. The van der Waals surface area contributed by atoms with Crippen LogP contribution in [0.25, 0.3) is 17.1 Å². The van der Waals surface area contributed by atoms with Gasteiger partial charge in [-0.1, -0.05) is 17.7 Å². The molecule has 1 aromatic heterocycles. The molecule has 0 unspecified atom stereocenters. The Hall–Kier alpha value is -3.76. The summed E-state index contributed by atoms with van der Waals surface area (Å²) in [5.41, 5.74) is 0.814. The molecule has 3 heterocycles. The maximum absolute atomic E-state index is 13.0. The van der Waals surface area contributed by atoms with Crippen molar-refractivity contribution in [1.82, 2.24) is 19.1 Å². The minimum atomic E-state index is -0.684. The van der Waals surface area contributed by atoms with Crippen molar-refractivity contribution in [3.63, 3.8) is 0 Å². The maximum atomic E-state index is 13.0. The van der Waals surface area contributed by atoms with Crippen LogP contribution in [0.15, 0.2) is 70.5 Å². The van der Waals surface area contributed by atoms with Gasteiger partial charge in [0, 0.05) is 12.4 Å². The first kappa shape index (κ1) is 17.6. The Kier molecular flexibility index (Phi) is 4.47. The third-order valence-electron chi connectivity index (χ3n) is 4.26. The number of rotatable bonds is 3. The number of hydrogen-bond donors (Lipinski definition) is 0. The first-order valence-electron chi connectivity index (χ1n) is 8.30. The monoisotopic (exact) mass is 389 g/mol. The fourth-order valence-corrected chi connectivity index (χ4v) is 3.03. The molecule has 0 atom stereocenters. The van der Waals surface area contributed by atoms with E-state index in [1.165, 1.54) is 0 Å². The van der Waals surface area contributed by atoms with Gasteiger partial charge in [0.15, 0.2) is 5.82 Å². The lowest BCUT2D eigenvalue weighted by Crippen LogP contribution is -2.36. The van der Waals surface area contributed by atoms with Crippen molar-refractivity contribution >= 4 is 11.6 Å². The van der Waals surface area contributed by atoms with E-state index in [1.54, 1.807) is 59.4 Å². The maximum Gasteiger partial charge on any atom is 0.357 e. The average molecular weight is 390 g/mol. The van der Waals surface area contributed by atoms with E-state index in [1.807, 2.05) is 12.1 Å². The highest BCUT2D eigenvalue weighted by molar-refractivity contribution is 6.29. The van der Waals surface area contributed by atoms with E-state index in [0.29, 0.717) is 28.5 Å². The van der Waals surface area contributed by atoms with Gasteiger partial charge in [-0.2, -0.15) is 10.2 Å². The number of fused-ring (bicyclic) bond motifs is 1. The van der Waals surface area contributed by atoms with E-state index >= 15 is 0 Å². The molecular weight excluding hydrogens is 378 g/mol.